The monoisotopic (exact) mass is 434 g/mol. The van der Waals surface area contributed by atoms with E-state index in [0.29, 0.717) is 41.7 Å². The molecular weight excluding hydrogens is 415 g/mol. The summed E-state index contributed by atoms with van der Waals surface area (Å²) in [5, 5.41) is 2.70. The predicted octanol–water partition coefficient (Wildman–Crippen LogP) is 3.18. The fraction of sp³-hybridized carbons (Fsp3) is 0.316. The third kappa shape index (κ3) is 3.87. The Balaban J connectivity index is 1.53. The molecule has 4 rings (SSSR count). The molecule has 1 aliphatic heterocycles. The minimum Gasteiger partial charge on any atom is -0.326 e. The summed E-state index contributed by atoms with van der Waals surface area (Å²) < 4.78 is 49.6. The Hall–Kier alpha value is -2.43. The second-order valence-corrected chi connectivity index (χ2v) is 9.48. The van der Waals surface area contributed by atoms with Crippen LogP contribution >= 0.6 is 11.7 Å². The van der Waals surface area contributed by atoms with Crippen LogP contribution in [0.15, 0.2) is 41.3 Å². The van der Waals surface area contributed by atoms with E-state index in [4.69, 9.17) is 0 Å². The van der Waals surface area contributed by atoms with Crippen LogP contribution in [0, 0.1) is 18.7 Å². The second kappa shape index (κ2) is 7.77. The normalized spacial score (nSPS) is 18.1. The van der Waals surface area contributed by atoms with Crippen LogP contribution in [0.1, 0.15) is 18.4 Å². The van der Waals surface area contributed by atoms with Crippen LogP contribution in [0.25, 0.3) is 11.0 Å². The van der Waals surface area contributed by atoms with Gasteiger partial charge in [-0.1, -0.05) is 12.1 Å². The quantitative estimate of drug-likeness (QED) is 0.681. The lowest BCUT2D eigenvalue weighted by Gasteiger charge is -2.31. The summed E-state index contributed by atoms with van der Waals surface area (Å²) in [6, 6.07) is 9.34. The molecule has 0 unspecified atom stereocenters. The maximum Gasteiger partial charge on any atom is 0.245 e. The van der Waals surface area contributed by atoms with Crippen molar-refractivity contribution in [3.63, 3.8) is 0 Å². The Morgan fingerprint density at radius 3 is 2.90 bits per heavy atom. The van der Waals surface area contributed by atoms with Crippen molar-refractivity contribution in [2.75, 3.05) is 18.4 Å². The molecule has 2 aromatic carbocycles. The number of benzene rings is 2. The predicted molar refractivity (Wildman–Crippen MR) is 109 cm³/mol. The van der Waals surface area contributed by atoms with Gasteiger partial charge in [-0.15, -0.1) is 0 Å². The molecule has 7 nitrogen and oxygen atoms in total. The van der Waals surface area contributed by atoms with Gasteiger partial charge < -0.3 is 5.32 Å². The van der Waals surface area contributed by atoms with Gasteiger partial charge in [0.25, 0.3) is 0 Å². The minimum atomic E-state index is -3.81. The van der Waals surface area contributed by atoms with Gasteiger partial charge in [0.1, 0.15) is 21.7 Å². The lowest BCUT2D eigenvalue weighted by Crippen LogP contribution is -2.43. The highest BCUT2D eigenvalue weighted by Crippen LogP contribution is 2.28. The van der Waals surface area contributed by atoms with Crippen LogP contribution in [-0.2, 0) is 14.8 Å². The molecule has 1 N–H and O–H groups in total. The molecule has 3 aromatic rings. The van der Waals surface area contributed by atoms with Crippen molar-refractivity contribution in [2.24, 2.45) is 5.92 Å². The van der Waals surface area contributed by atoms with Crippen LogP contribution < -0.4 is 5.32 Å². The molecule has 1 saturated heterocycles. The highest BCUT2D eigenvalue weighted by molar-refractivity contribution is 7.89. The number of carbonyl (C=O) groups excluding carboxylic acids is 1. The molecule has 152 valence electrons. The zero-order chi connectivity index (χ0) is 20.6. The first kappa shape index (κ1) is 19.9. The molecule has 0 radical (unpaired) electrons. The highest BCUT2D eigenvalue weighted by Gasteiger charge is 2.34. The summed E-state index contributed by atoms with van der Waals surface area (Å²) in [4.78, 5) is 12.8. The van der Waals surface area contributed by atoms with Crippen molar-refractivity contribution in [1.82, 2.24) is 13.1 Å². The Kier molecular flexibility index (Phi) is 5.32. The average Bonchev–Trinajstić information content (AvgIpc) is 3.19. The zero-order valence-electron chi connectivity index (χ0n) is 15.6. The Bertz CT molecular complexity index is 1180. The number of aromatic nitrogens is 2. The van der Waals surface area contributed by atoms with Gasteiger partial charge in [0.2, 0.25) is 15.9 Å². The van der Waals surface area contributed by atoms with Crippen molar-refractivity contribution < 1.29 is 17.6 Å². The zero-order valence-corrected chi connectivity index (χ0v) is 17.3. The molecule has 0 saturated carbocycles. The van der Waals surface area contributed by atoms with E-state index in [9.17, 15) is 17.6 Å². The van der Waals surface area contributed by atoms with Gasteiger partial charge in [0.05, 0.1) is 17.6 Å². The van der Waals surface area contributed by atoms with Crippen LogP contribution in [0.3, 0.4) is 0 Å². The van der Waals surface area contributed by atoms with Crippen LogP contribution in [0.4, 0.5) is 10.1 Å². The van der Waals surface area contributed by atoms with Gasteiger partial charge in [-0.2, -0.15) is 13.1 Å². The number of nitrogens with one attached hydrogen (secondary N) is 1. The van der Waals surface area contributed by atoms with Crippen molar-refractivity contribution in [2.45, 2.75) is 24.7 Å². The Labute approximate surface area is 171 Å². The number of rotatable bonds is 4. The molecule has 1 atom stereocenters. The van der Waals surface area contributed by atoms with Crippen molar-refractivity contribution >= 4 is 44.4 Å². The number of sulfonamides is 1. The van der Waals surface area contributed by atoms with E-state index in [-0.39, 0.29) is 17.3 Å². The molecule has 0 aliphatic carbocycles. The molecule has 1 fully saturated rings. The number of nitrogens with zero attached hydrogens (tertiary/aromatic N) is 3. The van der Waals surface area contributed by atoms with Gasteiger partial charge in [-0.05, 0) is 49.6 Å². The highest BCUT2D eigenvalue weighted by atomic mass is 32.2. The lowest BCUT2D eigenvalue weighted by atomic mass is 9.98. The molecule has 29 heavy (non-hydrogen) atoms. The molecular formula is C19H19FN4O3S2. The van der Waals surface area contributed by atoms with E-state index in [1.807, 2.05) is 0 Å². The van der Waals surface area contributed by atoms with Gasteiger partial charge >= 0.3 is 0 Å². The topological polar surface area (TPSA) is 92.3 Å². The van der Waals surface area contributed by atoms with Crippen LogP contribution in [0.5, 0.6) is 0 Å². The fourth-order valence-corrected chi connectivity index (χ4v) is 5.69. The maximum atomic E-state index is 13.7. The van der Waals surface area contributed by atoms with Crippen molar-refractivity contribution in [3.05, 3.63) is 47.8 Å². The van der Waals surface area contributed by atoms with Gasteiger partial charge in [0.15, 0.2) is 0 Å². The number of hydrogen-bond donors (Lipinski definition) is 1. The van der Waals surface area contributed by atoms with E-state index < -0.39 is 21.8 Å². The van der Waals surface area contributed by atoms with Crippen LogP contribution in [-0.4, -0.2) is 40.5 Å². The third-order valence-corrected chi connectivity index (χ3v) is 7.50. The first-order valence-corrected chi connectivity index (χ1v) is 11.3. The molecule has 2 heterocycles. The number of carbonyl (C=O) groups is 1. The Morgan fingerprint density at radius 2 is 2.10 bits per heavy atom. The number of halogens is 1. The fourth-order valence-electron chi connectivity index (χ4n) is 3.42. The average molecular weight is 435 g/mol. The van der Waals surface area contributed by atoms with E-state index in [1.54, 1.807) is 31.2 Å². The summed E-state index contributed by atoms with van der Waals surface area (Å²) in [7, 11) is -3.81. The minimum absolute atomic E-state index is 0.0659. The molecule has 10 heteroatoms. The number of amides is 1. The second-order valence-electron chi connectivity index (χ2n) is 7.04. The number of hydrogen-bond acceptors (Lipinski definition) is 6. The first-order valence-electron chi connectivity index (χ1n) is 9.15. The summed E-state index contributed by atoms with van der Waals surface area (Å²) in [5.74, 6) is -1.24. The van der Waals surface area contributed by atoms with Gasteiger partial charge in [-0.3, -0.25) is 4.79 Å². The smallest absolute Gasteiger partial charge is 0.245 e. The Morgan fingerprint density at radius 1 is 1.28 bits per heavy atom. The number of piperidine rings is 1. The summed E-state index contributed by atoms with van der Waals surface area (Å²) in [6.07, 6.45) is 1.12. The van der Waals surface area contributed by atoms with E-state index in [0.717, 1.165) is 11.7 Å². The summed E-state index contributed by atoms with van der Waals surface area (Å²) in [5.41, 5.74) is 1.73. The molecule has 0 bridgehead atoms. The van der Waals surface area contributed by atoms with E-state index >= 15 is 0 Å². The van der Waals surface area contributed by atoms with Gasteiger partial charge in [0, 0.05) is 18.8 Å². The molecule has 1 aliphatic rings. The molecule has 0 spiro atoms. The molecule has 1 amide bonds. The van der Waals surface area contributed by atoms with Gasteiger partial charge in [-0.25, -0.2) is 12.8 Å². The van der Waals surface area contributed by atoms with Crippen molar-refractivity contribution in [3.8, 4) is 0 Å². The third-order valence-electron chi connectivity index (χ3n) is 5.06. The van der Waals surface area contributed by atoms with E-state index in [1.165, 1.54) is 16.4 Å². The van der Waals surface area contributed by atoms with Crippen molar-refractivity contribution in [1.29, 1.82) is 0 Å². The first-order chi connectivity index (χ1) is 13.9. The SMILES string of the molecule is Cc1ccc(NC(=O)[C@@H]2CCCN(S(=O)(=O)c3cccc4nsnc34)C2)cc1F. The summed E-state index contributed by atoms with van der Waals surface area (Å²) in [6.45, 7) is 2.04. The maximum absolute atomic E-state index is 13.7. The number of aryl methyl sites for hydroxylation is 1. The largest absolute Gasteiger partial charge is 0.326 e. The standard InChI is InChI=1S/C19H19FN4O3S2/c1-12-7-8-14(10-15(12)20)21-19(25)13-4-3-9-24(11-13)29(26,27)17-6-2-5-16-18(17)23-28-22-16/h2,5-8,10,13H,3-4,9,11H2,1H3,(H,21,25)/t13-/m1/s1. The number of anilines is 1. The summed E-state index contributed by atoms with van der Waals surface area (Å²) >= 11 is 0.961. The van der Waals surface area contributed by atoms with Crippen LogP contribution in [0.2, 0.25) is 0 Å². The number of fused-ring (bicyclic) bond motifs is 1. The molecule has 1 aromatic heterocycles. The van der Waals surface area contributed by atoms with E-state index in [2.05, 4.69) is 14.1 Å². The lowest BCUT2D eigenvalue weighted by molar-refractivity contribution is -0.120.